The van der Waals surface area contributed by atoms with Crippen LogP contribution in [0.3, 0.4) is 0 Å². The second-order valence-corrected chi connectivity index (χ2v) is 9.63. The summed E-state index contributed by atoms with van der Waals surface area (Å²) in [5.74, 6) is 0.0788. The average Bonchev–Trinajstić information content (AvgIpc) is 3.21. The SMILES string of the molecule is C[C@@H](Oc1cc(Br)cnc1NCCO)c1cc(F)ccc1N/C(=C\C(=N)C(F)F)Cc1cc(CC(F)F)nn1C. The van der Waals surface area contributed by atoms with Gasteiger partial charge in [0, 0.05) is 53.3 Å². The van der Waals surface area contributed by atoms with Crippen LogP contribution < -0.4 is 15.4 Å². The van der Waals surface area contributed by atoms with Gasteiger partial charge in [-0.3, -0.25) is 10.1 Å². The van der Waals surface area contributed by atoms with Crippen molar-refractivity contribution in [1.29, 1.82) is 5.41 Å². The molecule has 0 saturated heterocycles. The van der Waals surface area contributed by atoms with Gasteiger partial charge in [0.1, 0.15) is 11.9 Å². The first kappa shape index (κ1) is 31.0. The second kappa shape index (κ2) is 14.2. The maximum atomic E-state index is 14.4. The molecule has 3 rings (SSSR count). The molecule has 4 N–H and O–H groups in total. The molecule has 0 aliphatic carbocycles. The Morgan fingerprint density at radius 1 is 1.23 bits per heavy atom. The molecule has 0 radical (unpaired) electrons. The van der Waals surface area contributed by atoms with Gasteiger partial charge < -0.3 is 20.5 Å². The van der Waals surface area contributed by atoms with Crippen LogP contribution in [0.15, 0.2) is 52.8 Å². The van der Waals surface area contributed by atoms with Gasteiger partial charge in [0.25, 0.3) is 6.43 Å². The highest BCUT2D eigenvalue weighted by atomic mass is 79.9. The molecule has 8 nitrogen and oxygen atoms in total. The predicted octanol–water partition coefficient (Wildman–Crippen LogP) is 5.89. The highest BCUT2D eigenvalue weighted by molar-refractivity contribution is 9.10. The standard InChI is InChI=1S/C26H28BrF5N6O2/c1-14(40-23-7-15(27)13-35-26(23)34-5-6-39)20-8-16(28)3-4-22(20)36-17(11-21(33)25(31)32)9-19-10-18(12-24(29)30)37-38(19)2/h3-4,7-8,10-11,13-14,24-25,33,36,39H,5-6,9,12H2,1-2H3,(H,34,35)/b17-11-,33-21?/t14-/m1/s1. The normalized spacial score (nSPS) is 12.6. The Bertz CT molecular complexity index is 1350. The zero-order valence-electron chi connectivity index (χ0n) is 21.6. The van der Waals surface area contributed by atoms with Crippen molar-refractivity contribution in [2.75, 3.05) is 23.8 Å². The molecule has 0 spiro atoms. The molecule has 0 fully saturated rings. The van der Waals surface area contributed by atoms with E-state index in [1.807, 2.05) is 0 Å². The molecular weight excluding hydrogens is 603 g/mol. The molecule has 0 bridgehead atoms. The number of allylic oxidation sites excluding steroid dienone is 2. The number of aryl methyl sites for hydroxylation is 1. The number of rotatable bonds is 14. The zero-order valence-corrected chi connectivity index (χ0v) is 23.2. The van der Waals surface area contributed by atoms with Gasteiger partial charge in [0.2, 0.25) is 6.43 Å². The van der Waals surface area contributed by atoms with E-state index in [4.69, 9.17) is 15.3 Å². The van der Waals surface area contributed by atoms with E-state index in [9.17, 15) is 22.0 Å². The number of alkyl halides is 4. The topological polar surface area (TPSA) is 108 Å². The van der Waals surface area contributed by atoms with Gasteiger partial charge in [0.15, 0.2) is 11.6 Å². The van der Waals surface area contributed by atoms with Crippen molar-refractivity contribution < 1.29 is 31.8 Å². The average molecular weight is 631 g/mol. The predicted molar refractivity (Wildman–Crippen MR) is 145 cm³/mol. The molecule has 2 heterocycles. The summed E-state index contributed by atoms with van der Waals surface area (Å²) in [7, 11) is 1.54. The van der Waals surface area contributed by atoms with Gasteiger partial charge in [-0.15, -0.1) is 0 Å². The molecule has 3 aromatic rings. The fraction of sp³-hybridized carbons (Fsp3) is 0.346. The van der Waals surface area contributed by atoms with Crippen LogP contribution in [0.1, 0.15) is 30.0 Å². The lowest BCUT2D eigenvalue weighted by Crippen LogP contribution is -2.15. The van der Waals surface area contributed by atoms with Crippen molar-refractivity contribution in [3.05, 3.63) is 75.5 Å². The van der Waals surface area contributed by atoms with Crippen molar-refractivity contribution in [2.24, 2.45) is 7.05 Å². The van der Waals surface area contributed by atoms with Crippen LogP contribution >= 0.6 is 15.9 Å². The summed E-state index contributed by atoms with van der Waals surface area (Å²) < 4.78 is 74.6. The first-order valence-corrected chi connectivity index (χ1v) is 12.9. The summed E-state index contributed by atoms with van der Waals surface area (Å²) in [4.78, 5) is 4.23. The number of aliphatic hydroxyl groups excluding tert-OH is 1. The third-order valence-electron chi connectivity index (χ3n) is 5.60. The van der Waals surface area contributed by atoms with Crippen molar-refractivity contribution in [3.63, 3.8) is 0 Å². The molecule has 40 heavy (non-hydrogen) atoms. The summed E-state index contributed by atoms with van der Waals surface area (Å²) in [6.07, 6.45) is -4.59. The van der Waals surface area contributed by atoms with Crippen LogP contribution in [0.25, 0.3) is 0 Å². The molecule has 1 atom stereocenters. The first-order valence-electron chi connectivity index (χ1n) is 12.1. The third-order valence-corrected chi connectivity index (χ3v) is 6.03. The quantitative estimate of drug-likeness (QED) is 0.131. The number of benzene rings is 1. The van der Waals surface area contributed by atoms with E-state index in [1.54, 1.807) is 13.0 Å². The number of pyridine rings is 1. The minimum absolute atomic E-state index is 0.0569. The summed E-state index contributed by atoms with van der Waals surface area (Å²) >= 11 is 3.33. The zero-order chi connectivity index (χ0) is 29.4. The monoisotopic (exact) mass is 630 g/mol. The molecule has 14 heteroatoms. The number of nitrogens with zero attached hydrogens (tertiary/aromatic N) is 3. The van der Waals surface area contributed by atoms with Gasteiger partial charge in [-0.1, -0.05) is 0 Å². The molecule has 1 aromatic carbocycles. The summed E-state index contributed by atoms with van der Waals surface area (Å²) in [5, 5.41) is 26.8. The molecule has 0 aliphatic rings. The van der Waals surface area contributed by atoms with Gasteiger partial charge in [-0.05, 0) is 59.3 Å². The first-order chi connectivity index (χ1) is 19.0. The van der Waals surface area contributed by atoms with Crippen LogP contribution in [-0.2, 0) is 19.9 Å². The van der Waals surface area contributed by atoms with Crippen LogP contribution in [-0.4, -0.2) is 51.6 Å². The lowest BCUT2D eigenvalue weighted by atomic mass is 10.1. The van der Waals surface area contributed by atoms with Crippen LogP contribution in [0, 0.1) is 11.2 Å². The summed E-state index contributed by atoms with van der Waals surface area (Å²) in [6.45, 7) is 1.72. The van der Waals surface area contributed by atoms with Gasteiger partial charge >= 0.3 is 0 Å². The molecule has 0 aliphatic heterocycles. The Hall–Kier alpha value is -3.52. The van der Waals surface area contributed by atoms with E-state index in [1.165, 1.54) is 42.2 Å². The Kier molecular flexibility index (Phi) is 11.0. The fourth-order valence-electron chi connectivity index (χ4n) is 3.80. The number of halogens is 6. The van der Waals surface area contributed by atoms with E-state index in [0.29, 0.717) is 33.0 Å². The Balaban J connectivity index is 1.94. The van der Waals surface area contributed by atoms with E-state index < -0.39 is 36.9 Å². The smallest absolute Gasteiger partial charge is 0.279 e. The van der Waals surface area contributed by atoms with E-state index in [0.717, 1.165) is 6.08 Å². The largest absolute Gasteiger partial charge is 0.482 e. The summed E-state index contributed by atoms with van der Waals surface area (Å²) in [5.41, 5.74) is 0.366. The minimum Gasteiger partial charge on any atom is -0.482 e. The number of anilines is 2. The van der Waals surface area contributed by atoms with Gasteiger partial charge in [-0.2, -0.15) is 5.10 Å². The Morgan fingerprint density at radius 2 is 1.98 bits per heavy atom. The highest BCUT2D eigenvalue weighted by Gasteiger charge is 2.19. The van der Waals surface area contributed by atoms with E-state index >= 15 is 0 Å². The lowest BCUT2D eigenvalue weighted by Gasteiger charge is -2.22. The second-order valence-electron chi connectivity index (χ2n) is 8.72. The lowest BCUT2D eigenvalue weighted by molar-refractivity contribution is 0.147. The van der Waals surface area contributed by atoms with Crippen molar-refractivity contribution in [2.45, 2.75) is 38.7 Å². The van der Waals surface area contributed by atoms with Crippen LogP contribution in [0.4, 0.5) is 33.5 Å². The van der Waals surface area contributed by atoms with Gasteiger partial charge in [0.05, 0.1) is 24.4 Å². The number of ether oxygens (including phenoxy) is 1. The maximum Gasteiger partial charge on any atom is 0.279 e. The van der Waals surface area contributed by atoms with Gasteiger partial charge in [-0.25, -0.2) is 26.9 Å². The Labute approximate surface area is 235 Å². The van der Waals surface area contributed by atoms with Crippen molar-refractivity contribution in [1.82, 2.24) is 14.8 Å². The third kappa shape index (κ3) is 8.74. The van der Waals surface area contributed by atoms with Crippen LogP contribution in [0.5, 0.6) is 5.75 Å². The van der Waals surface area contributed by atoms with Crippen molar-refractivity contribution >= 4 is 33.1 Å². The molecule has 0 unspecified atom stereocenters. The number of nitrogens with one attached hydrogen (secondary N) is 3. The number of aliphatic hydroxyl groups is 1. The van der Waals surface area contributed by atoms with E-state index in [-0.39, 0.29) is 31.0 Å². The minimum atomic E-state index is -3.05. The van der Waals surface area contributed by atoms with E-state index in [2.05, 4.69) is 36.6 Å². The van der Waals surface area contributed by atoms with Crippen molar-refractivity contribution in [3.8, 4) is 5.75 Å². The van der Waals surface area contributed by atoms with Crippen LogP contribution in [0.2, 0.25) is 0 Å². The number of aromatic nitrogens is 3. The molecule has 216 valence electrons. The molecule has 0 saturated carbocycles. The fourth-order valence-corrected chi connectivity index (χ4v) is 4.11. The number of hydrogen-bond acceptors (Lipinski definition) is 7. The molecule has 2 aromatic heterocycles. The summed E-state index contributed by atoms with van der Waals surface area (Å²) in [6, 6.07) is 6.88. The highest BCUT2D eigenvalue weighted by Crippen LogP contribution is 2.33. The maximum absolute atomic E-state index is 14.4. The number of hydrogen-bond donors (Lipinski definition) is 4. The Morgan fingerprint density at radius 3 is 2.65 bits per heavy atom. The molecule has 0 amide bonds. The molecular formula is C26H28BrF5N6O2.